The Hall–Kier alpha value is -1.84. The summed E-state index contributed by atoms with van der Waals surface area (Å²) in [6, 6.07) is 15.4. The minimum atomic E-state index is -0.654. The molecule has 3 heteroatoms. The van der Waals surface area contributed by atoms with Gasteiger partial charge in [0.25, 0.3) is 0 Å². The van der Waals surface area contributed by atoms with Gasteiger partial charge in [-0.3, -0.25) is 0 Å². The average Bonchev–Trinajstić information content (AvgIpc) is 2.54. The number of methoxy groups -OCH3 is 1. The number of aliphatic hydroxyl groups excluding tert-OH is 1. The third-order valence-corrected chi connectivity index (χ3v) is 3.98. The van der Waals surface area contributed by atoms with E-state index in [0.29, 0.717) is 12.3 Å². The molecule has 3 nitrogen and oxygen atoms in total. The SMILES string of the molecule is COc1ccc(C(C)C)cc1[C@@H](N)[C@@H](O)Cc1ccccc1. The van der Waals surface area contributed by atoms with Crippen molar-refractivity contribution in [3.05, 3.63) is 65.2 Å². The van der Waals surface area contributed by atoms with Gasteiger partial charge in [-0.1, -0.05) is 56.3 Å². The maximum Gasteiger partial charge on any atom is 0.123 e. The quantitative estimate of drug-likeness (QED) is 0.859. The van der Waals surface area contributed by atoms with Crippen molar-refractivity contribution in [2.75, 3.05) is 7.11 Å². The first kappa shape index (κ1) is 16.5. The van der Waals surface area contributed by atoms with E-state index in [1.807, 2.05) is 48.5 Å². The molecule has 2 aromatic rings. The lowest BCUT2D eigenvalue weighted by Crippen LogP contribution is -2.28. The second kappa shape index (κ2) is 7.43. The Morgan fingerprint density at radius 1 is 1.09 bits per heavy atom. The molecule has 0 heterocycles. The molecule has 0 saturated carbocycles. The second-order valence-electron chi connectivity index (χ2n) is 5.94. The van der Waals surface area contributed by atoms with Gasteiger partial charge in [-0.25, -0.2) is 0 Å². The predicted molar refractivity (Wildman–Crippen MR) is 90.2 cm³/mol. The van der Waals surface area contributed by atoms with Gasteiger partial charge in [-0.15, -0.1) is 0 Å². The van der Waals surface area contributed by atoms with Gasteiger partial charge in [-0.05, 0) is 23.1 Å². The molecule has 0 saturated heterocycles. The zero-order valence-electron chi connectivity index (χ0n) is 13.5. The first-order chi connectivity index (χ1) is 10.5. The summed E-state index contributed by atoms with van der Waals surface area (Å²) in [6.45, 7) is 4.27. The summed E-state index contributed by atoms with van der Waals surface area (Å²) in [7, 11) is 1.63. The van der Waals surface area contributed by atoms with E-state index in [1.54, 1.807) is 7.11 Å². The summed E-state index contributed by atoms with van der Waals surface area (Å²) >= 11 is 0. The summed E-state index contributed by atoms with van der Waals surface area (Å²) < 4.78 is 5.41. The first-order valence-corrected chi connectivity index (χ1v) is 7.68. The fourth-order valence-electron chi connectivity index (χ4n) is 2.56. The van der Waals surface area contributed by atoms with E-state index in [2.05, 4.69) is 13.8 Å². The monoisotopic (exact) mass is 299 g/mol. The zero-order valence-corrected chi connectivity index (χ0v) is 13.5. The van der Waals surface area contributed by atoms with Gasteiger partial charge in [-0.2, -0.15) is 0 Å². The van der Waals surface area contributed by atoms with E-state index < -0.39 is 12.1 Å². The highest BCUT2D eigenvalue weighted by Gasteiger charge is 2.21. The number of nitrogens with two attached hydrogens (primary N) is 1. The molecule has 2 rings (SSSR count). The number of rotatable bonds is 6. The van der Waals surface area contributed by atoms with Crippen LogP contribution in [0.5, 0.6) is 5.75 Å². The maximum absolute atomic E-state index is 10.5. The predicted octanol–water partition coefficient (Wildman–Crippen LogP) is 3.42. The lowest BCUT2D eigenvalue weighted by Gasteiger charge is -2.22. The molecule has 0 unspecified atom stereocenters. The van der Waals surface area contributed by atoms with Gasteiger partial charge in [0.2, 0.25) is 0 Å². The summed E-state index contributed by atoms with van der Waals surface area (Å²) in [5, 5.41) is 10.5. The molecule has 0 radical (unpaired) electrons. The Bertz CT molecular complexity index is 596. The fourth-order valence-corrected chi connectivity index (χ4v) is 2.56. The van der Waals surface area contributed by atoms with Gasteiger partial charge >= 0.3 is 0 Å². The van der Waals surface area contributed by atoms with Crippen molar-refractivity contribution >= 4 is 0 Å². The second-order valence-corrected chi connectivity index (χ2v) is 5.94. The topological polar surface area (TPSA) is 55.5 Å². The van der Waals surface area contributed by atoms with Crippen LogP contribution in [0.4, 0.5) is 0 Å². The highest BCUT2D eigenvalue weighted by atomic mass is 16.5. The van der Waals surface area contributed by atoms with E-state index in [4.69, 9.17) is 10.5 Å². The van der Waals surface area contributed by atoms with Crippen molar-refractivity contribution in [3.63, 3.8) is 0 Å². The first-order valence-electron chi connectivity index (χ1n) is 7.68. The lowest BCUT2D eigenvalue weighted by molar-refractivity contribution is 0.143. The van der Waals surface area contributed by atoms with Crippen molar-refractivity contribution in [2.45, 2.75) is 38.3 Å². The minimum Gasteiger partial charge on any atom is -0.496 e. The number of benzene rings is 2. The number of hydrogen-bond donors (Lipinski definition) is 2. The van der Waals surface area contributed by atoms with Crippen LogP contribution in [0.3, 0.4) is 0 Å². The Balaban J connectivity index is 2.23. The van der Waals surface area contributed by atoms with Crippen LogP contribution in [0, 0.1) is 0 Å². The molecule has 3 N–H and O–H groups in total. The average molecular weight is 299 g/mol. The van der Waals surface area contributed by atoms with E-state index in [-0.39, 0.29) is 0 Å². The molecule has 0 aliphatic carbocycles. The molecule has 0 spiro atoms. The number of hydrogen-bond acceptors (Lipinski definition) is 3. The highest BCUT2D eigenvalue weighted by Crippen LogP contribution is 2.30. The molecule has 0 aliphatic rings. The van der Waals surface area contributed by atoms with Crippen molar-refractivity contribution in [3.8, 4) is 5.75 Å². The molecule has 0 fully saturated rings. The molecule has 22 heavy (non-hydrogen) atoms. The van der Waals surface area contributed by atoms with E-state index in [9.17, 15) is 5.11 Å². The third-order valence-electron chi connectivity index (χ3n) is 3.98. The Morgan fingerprint density at radius 3 is 2.36 bits per heavy atom. The molecule has 118 valence electrons. The van der Waals surface area contributed by atoms with Crippen LogP contribution in [0.15, 0.2) is 48.5 Å². The van der Waals surface area contributed by atoms with Crippen LogP contribution in [0.25, 0.3) is 0 Å². The van der Waals surface area contributed by atoms with Gasteiger partial charge in [0, 0.05) is 12.0 Å². The van der Waals surface area contributed by atoms with Crippen LogP contribution >= 0.6 is 0 Å². The maximum atomic E-state index is 10.5. The van der Waals surface area contributed by atoms with Crippen molar-refractivity contribution in [1.82, 2.24) is 0 Å². The summed E-state index contributed by atoms with van der Waals surface area (Å²) in [5.74, 6) is 1.13. The molecule has 0 aliphatic heterocycles. The van der Waals surface area contributed by atoms with Crippen molar-refractivity contribution < 1.29 is 9.84 Å². The molecular formula is C19H25NO2. The van der Waals surface area contributed by atoms with Crippen LogP contribution in [-0.4, -0.2) is 18.3 Å². The summed E-state index contributed by atoms with van der Waals surface area (Å²) in [5.41, 5.74) is 9.43. The molecule has 2 aromatic carbocycles. The smallest absolute Gasteiger partial charge is 0.123 e. The van der Waals surface area contributed by atoms with Gasteiger partial charge in [0.1, 0.15) is 5.75 Å². The standard InChI is InChI=1S/C19H25NO2/c1-13(2)15-9-10-18(22-3)16(12-15)19(20)17(21)11-14-7-5-4-6-8-14/h4-10,12-13,17,19,21H,11,20H2,1-3H3/t17-,19+/m0/s1. The molecule has 0 amide bonds. The van der Waals surface area contributed by atoms with Crippen molar-refractivity contribution in [2.24, 2.45) is 5.73 Å². The van der Waals surface area contributed by atoms with Crippen LogP contribution in [0.1, 0.15) is 42.5 Å². The largest absolute Gasteiger partial charge is 0.496 e. The van der Waals surface area contributed by atoms with E-state index in [1.165, 1.54) is 5.56 Å². The van der Waals surface area contributed by atoms with Crippen LogP contribution in [-0.2, 0) is 6.42 Å². The zero-order chi connectivity index (χ0) is 16.1. The minimum absolute atomic E-state index is 0.406. The Morgan fingerprint density at radius 2 is 1.77 bits per heavy atom. The summed E-state index contributed by atoms with van der Waals surface area (Å²) in [4.78, 5) is 0. The summed E-state index contributed by atoms with van der Waals surface area (Å²) in [6.07, 6.45) is -0.129. The molecular weight excluding hydrogens is 274 g/mol. The lowest BCUT2D eigenvalue weighted by atomic mass is 9.92. The van der Waals surface area contributed by atoms with Gasteiger partial charge in [0.05, 0.1) is 19.3 Å². The van der Waals surface area contributed by atoms with Crippen LogP contribution < -0.4 is 10.5 Å². The van der Waals surface area contributed by atoms with Crippen LogP contribution in [0.2, 0.25) is 0 Å². The Kier molecular flexibility index (Phi) is 5.58. The van der Waals surface area contributed by atoms with E-state index in [0.717, 1.165) is 16.9 Å². The number of aliphatic hydroxyl groups is 1. The van der Waals surface area contributed by atoms with E-state index >= 15 is 0 Å². The highest BCUT2D eigenvalue weighted by molar-refractivity contribution is 5.41. The normalized spacial score (nSPS) is 13.9. The Labute approximate surface area is 132 Å². The fraction of sp³-hybridized carbons (Fsp3) is 0.368. The third kappa shape index (κ3) is 3.87. The van der Waals surface area contributed by atoms with Gasteiger partial charge < -0.3 is 15.6 Å². The molecule has 0 bridgehead atoms. The van der Waals surface area contributed by atoms with Crippen molar-refractivity contribution in [1.29, 1.82) is 0 Å². The van der Waals surface area contributed by atoms with Gasteiger partial charge in [0.15, 0.2) is 0 Å². The number of ether oxygens (including phenoxy) is 1. The molecule has 0 aromatic heterocycles. The molecule has 2 atom stereocenters.